The highest BCUT2D eigenvalue weighted by Crippen LogP contribution is 2.22. The van der Waals surface area contributed by atoms with Crippen molar-refractivity contribution in [3.8, 4) is 0 Å². The third-order valence-electron chi connectivity index (χ3n) is 1.86. The zero-order chi connectivity index (χ0) is 8.39. The van der Waals surface area contributed by atoms with Crippen LogP contribution in [-0.4, -0.2) is 16.7 Å². The second kappa shape index (κ2) is 3.25. The van der Waals surface area contributed by atoms with Crippen molar-refractivity contribution in [3.05, 3.63) is 17.1 Å². The third kappa shape index (κ3) is 1.23. The van der Waals surface area contributed by atoms with Gasteiger partial charge in [-0.1, -0.05) is 0 Å². The molecule has 0 amide bonds. The van der Waals surface area contributed by atoms with Gasteiger partial charge in [0.2, 0.25) is 0 Å². The van der Waals surface area contributed by atoms with Gasteiger partial charge in [0.05, 0.1) is 10.4 Å². The molecule has 2 aromatic rings. The van der Waals surface area contributed by atoms with Gasteiger partial charge in [-0.25, -0.2) is 0 Å². The second-order valence-corrected chi connectivity index (χ2v) is 3.65. The minimum atomic E-state index is 0.742. The maximum absolute atomic E-state index is 5.43. The maximum Gasteiger partial charge on any atom is 0.103 e. The zero-order valence-electron chi connectivity index (χ0n) is 6.71. The summed E-state index contributed by atoms with van der Waals surface area (Å²) in [7, 11) is 0. The molecule has 2 aromatic heterocycles. The number of hydrogen-bond acceptors (Lipinski definition) is 3. The van der Waals surface area contributed by atoms with Gasteiger partial charge in [-0.05, 0) is 30.8 Å². The average molecular weight is 181 g/mol. The fraction of sp³-hybridized carbons (Fsp3) is 0.375. The van der Waals surface area contributed by atoms with Crippen molar-refractivity contribution < 1.29 is 0 Å². The van der Waals surface area contributed by atoms with E-state index in [4.69, 9.17) is 5.73 Å². The van der Waals surface area contributed by atoms with E-state index in [2.05, 4.69) is 15.6 Å². The van der Waals surface area contributed by atoms with Crippen molar-refractivity contribution in [2.24, 2.45) is 5.73 Å². The summed E-state index contributed by atoms with van der Waals surface area (Å²) in [6, 6.07) is 2.03. The molecule has 3 N–H and O–H groups in total. The lowest BCUT2D eigenvalue weighted by Gasteiger charge is -1.92. The molecule has 0 spiro atoms. The van der Waals surface area contributed by atoms with Crippen LogP contribution in [0.3, 0.4) is 0 Å². The average Bonchev–Trinajstić information content (AvgIpc) is 2.62. The Morgan fingerprint density at radius 2 is 2.50 bits per heavy atom. The van der Waals surface area contributed by atoms with Gasteiger partial charge in [-0.15, -0.1) is 11.3 Å². The first-order chi connectivity index (χ1) is 5.92. The van der Waals surface area contributed by atoms with Crippen LogP contribution in [0.5, 0.6) is 0 Å². The van der Waals surface area contributed by atoms with E-state index in [1.807, 2.05) is 6.07 Å². The number of H-pyrrole nitrogens is 1. The Labute approximate surface area is 74.6 Å². The molecule has 0 saturated carbocycles. The molecule has 4 heteroatoms. The first-order valence-electron chi connectivity index (χ1n) is 4.02. The summed E-state index contributed by atoms with van der Waals surface area (Å²) in [5.74, 6) is 0. The molecule has 0 saturated heterocycles. The van der Waals surface area contributed by atoms with Gasteiger partial charge in [-0.2, -0.15) is 5.10 Å². The first-order valence-corrected chi connectivity index (χ1v) is 4.90. The van der Waals surface area contributed by atoms with Crippen molar-refractivity contribution in [1.82, 2.24) is 10.2 Å². The predicted octanol–water partition coefficient (Wildman–Crippen LogP) is 1.52. The van der Waals surface area contributed by atoms with E-state index in [-0.39, 0.29) is 0 Å². The van der Waals surface area contributed by atoms with Crippen LogP contribution in [0.1, 0.15) is 12.1 Å². The van der Waals surface area contributed by atoms with Gasteiger partial charge < -0.3 is 5.73 Å². The van der Waals surface area contributed by atoms with E-state index in [0.717, 1.165) is 24.9 Å². The molecule has 0 radical (unpaired) electrons. The van der Waals surface area contributed by atoms with Crippen LogP contribution in [-0.2, 0) is 6.42 Å². The number of hydrogen-bond donors (Lipinski definition) is 2. The number of nitrogens with one attached hydrogen (secondary N) is 1. The molecule has 0 aliphatic rings. The highest BCUT2D eigenvalue weighted by atomic mass is 32.1. The minimum Gasteiger partial charge on any atom is -0.330 e. The van der Waals surface area contributed by atoms with Crippen molar-refractivity contribution >= 4 is 21.6 Å². The Morgan fingerprint density at radius 1 is 1.58 bits per heavy atom. The van der Waals surface area contributed by atoms with Crippen molar-refractivity contribution in [2.45, 2.75) is 12.8 Å². The van der Waals surface area contributed by atoms with Crippen LogP contribution in [0.15, 0.2) is 11.4 Å². The Morgan fingerprint density at radius 3 is 3.33 bits per heavy atom. The van der Waals surface area contributed by atoms with Crippen molar-refractivity contribution in [2.75, 3.05) is 6.54 Å². The number of fused-ring (bicyclic) bond motifs is 1. The molecule has 0 unspecified atom stereocenters. The Hall–Kier alpha value is -0.870. The van der Waals surface area contributed by atoms with Gasteiger partial charge in [-0.3, -0.25) is 5.10 Å². The summed E-state index contributed by atoms with van der Waals surface area (Å²) in [6.45, 7) is 0.742. The smallest absolute Gasteiger partial charge is 0.103 e. The molecule has 2 rings (SSSR count). The van der Waals surface area contributed by atoms with Crippen LogP contribution >= 0.6 is 11.3 Å². The number of thiophene rings is 1. The molecule has 0 aromatic carbocycles. The predicted molar refractivity (Wildman–Crippen MR) is 51.3 cm³/mol. The maximum atomic E-state index is 5.43. The molecule has 0 aliphatic carbocycles. The summed E-state index contributed by atoms with van der Waals surface area (Å²) >= 11 is 1.74. The summed E-state index contributed by atoms with van der Waals surface area (Å²) in [5.41, 5.74) is 7.74. The molecule has 0 fully saturated rings. The van der Waals surface area contributed by atoms with Crippen molar-refractivity contribution in [3.63, 3.8) is 0 Å². The largest absolute Gasteiger partial charge is 0.330 e. The number of nitrogens with zero attached hydrogens (tertiary/aromatic N) is 1. The minimum absolute atomic E-state index is 0.742. The van der Waals surface area contributed by atoms with E-state index < -0.39 is 0 Å². The molecule has 0 aliphatic heterocycles. The van der Waals surface area contributed by atoms with E-state index in [1.54, 1.807) is 11.3 Å². The van der Waals surface area contributed by atoms with E-state index in [9.17, 15) is 0 Å². The standard InChI is InChI=1S/C8H11N3S/c9-4-1-2-6-8-7(11-10-6)3-5-12-8/h3,5H,1-2,4,9H2,(H,10,11). The molecule has 2 heterocycles. The summed E-state index contributed by atoms with van der Waals surface area (Å²) in [4.78, 5) is 0. The van der Waals surface area contributed by atoms with Gasteiger partial charge in [0.1, 0.15) is 5.52 Å². The Balaban J connectivity index is 2.28. The lowest BCUT2D eigenvalue weighted by Crippen LogP contribution is -2.00. The number of aromatic nitrogens is 2. The van der Waals surface area contributed by atoms with E-state index >= 15 is 0 Å². The number of rotatable bonds is 3. The molecular weight excluding hydrogens is 170 g/mol. The van der Waals surface area contributed by atoms with Gasteiger partial charge >= 0.3 is 0 Å². The number of aromatic amines is 1. The van der Waals surface area contributed by atoms with Crippen molar-refractivity contribution in [1.29, 1.82) is 0 Å². The van der Waals surface area contributed by atoms with Crippen LogP contribution in [0, 0.1) is 0 Å². The van der Waals surface area contributed by atoms with Gasteiger partial charge in [0.15, 0.2) is 0 Å². The second-order valence-electron chi connectivity index (χ2n) is 2.73. The van der Waals surface area contributed by atoms with Gasteiger partial charge in [0, 0.05) is 0 Å². The summed E-state index contributed by atoms with van der Waals surface area (Å²) < 4.78 is 1.28. The van der Waals surface area contributed by atoms with Crippen LogP contribution in [0.2, 0.25) is 0 Å². The molecule has 0 atom stereocenters. The Kier molecular flexibility index (Phi) is 2.10. The molecule has 3 nitrogen and oxygen atoms in total. The first kappa shape index (κ1) is 7.76. The van der Waals surface area contributed by atoms with E-state index in [0.29, 0.717) is 0 Å². The fourth-order valence-corrected chi connectivity index (χ4v) is 2.10. The topological polar surface area (TPSA) is 54.7 Å². The molecule has 64 valence electrons. The Bertz CT molecular complexity index is 363. The molecular formula is C8H11N3S. The summed E-state index contributed by atoms with van der Waals surface area (Å²) in [5, 5.41) is 9.28. The molecule has 12 heavy (non-hydrogen) atoms. The van der Waals surface area contributed by atoms with Gasteiger partial charge in [0.25, 0.3) is 0 Å². The van der Waals surface area contributed by atoms with E-state index in [1.165, 1.54) is 10.4 Å². The molecule has 0 bridgehead atoms. The quantitative estimate of drug-likeness (QED) is 0.754. The monoisotopic (exact) mass is 181 g/mol. The lowest BCUT2D eigenvalue weighted by molar-refractivity contribution is 0.808. The van der Waals surface area contributed by atoms with Crippen LogP contribution in [0.4, 0.5) is 0 Å². The van der Waals surface area contributed by atoms with Crippen LogP contribution < -0.4 is 5.73 Å². The SMILES string of the molecule is NCCCc1[nH]nc2ccsc12. The van der Waals surface area contributed by atoms with Crippen LogP contribution in [0.25, 0.3) is 10.2 Å². The normalized spacial score (nSPS) is 11.1. The number of nitrogens with two attached hydrogens (primary N) is 1. The lowest BCUT2D eigenvalue weighted by atomic mass is 10.2. The third-order valence-corrected chi connectivity index (χ3v) is 2.82. The fourth-order valence-electron chi connectivity index (χ4n) is 1.24. The summed E-state index contributed by atoms with van der Waals surface area (Å²) in [6.07, 6.45) is 2.03. The highest BCUT2D eigenvalue weighted by molar-refractivity contribution is 7.17. The highest BCUT2D eigenvalue weighted by Gasteiger charge is 2.04. The zero-order valence-corrected chi connectivity index (χ0v) is 7.53. The number of aryl methyl sites for hydroxylation is 1.